The minimum atomic E-state index is -2.11. The van der Waals surface area contributed by atoms with E-state index in [1.54, 1.807) is 3.33 Å². The van der Waals surface area contributed by atoms with Gasteiger partial charge in [-0.05, 0) is 0 Å². The van der Waals surface area contributed by atoms with Gasteiger partial charge in [0.1, 0.15) is 0 Å². The zero-order valence-electron chi connectivity index (χ0n) is 13.4. The molecule has 0 bridgehead atoms. The molecule has 1 aliphatic carbocycles. The molecule has 2 nitrogen and oxygen atoms in total. The summed E-state index contributed by atoms with van der Waals surface area (Å²) in [5.41, 5.74) is 3.05. The van der Waals surface area contributed by atoms with Crippen LogP contribution in [0.5, 0.6) is 0 Å². The Morgan fingerprint density at radius 3 is 2.23 bits per heavy atom. The predicted octanol–water partition coefficient (Wildman–Crippen LogP) is -2.60. The van der Waals surface area contributed by atoms with Crippen molar-refractivity contribution in [1.82, 2.24) is 3.30 Å². The summed E-state index contributed by atoms with van der Waals surface area (Å²) in [5, 5.41) is 0. The summed E-state index contributed by atoms with van der Waals surface area (Å²) in [6.45, 7) is 8.81. The average Bonchev–Trinajstić information content (AvgIpc) is 2.88. The number of rotatable bonds is 4. The van der Waals surface area contributed by atoms with Gasteiger partial charge in [0.2, 0.25) is 0 Å². The molecule has 1 amide bonds. The predicted molar refractivity (Wildman–Crippen MR) is 84.1 cm³/mol. The first-order chi connectivity index (χ1) is 9.50. The van der Waals surface area contributed by atoms with Crippen LogP contribution in [-0.4, -0.2) is 11.9 Å². The van der Waals surface area contributed by atoms with E-state index in [0.717, 1.165) is 23.1 Å². The Hall–Kier alpha value is -0.163. The molecular weight excluding hydrogens is 500 g/mol. The van der Waals surface area contributed by atoms with Crippen LogP contribution in [0.1, 0.15) is 27.9 Å². The van der Waals surface area contributed by atoms with E-state index in [2.05, 4.69) is 34.6 Å². The quantitative estimate of drug-likeness (QED) is 0.433. The van der Waals surface area contributed by atoms with Crippen molar-refractivity contribution in [3.05, 3.63) is 56.4 Å². The first-order valence-electron chi connectivity index (χ1n) is 7.11. The molecule has 1 aliphatic rings. The molecule has 2 rings (SSSR count). The number of carbonyl (C=O) groups excluding carboxylic acids is 1. The van der Waals surface area contributed by atoms with Crippen molar-refractivity contribution in [2.24, 2.45) is 0 Å². The second kappa shape index (κ2) is 9.86. The Balaban J connectivity index is 0.00000220. The van der Waals surface area contributed by atoms with Crippen LogP contribution >= 0.6 is 0 Å². The molecule has 1 aromatic rings. The topological polar surface area (TPSA) is 29.1 Å². The largest absolute Gasteiger partial charge is 1.00 e. The van der Waals surface area contributed by atoms with E-state index in [0.29, 0.717) is 0 Å². The molecule has 119 valence electrons. The summed E-state index contributed by atoms with van der Waals surface area (Å²) >= 11 is -2.11. The van der Waals surface area contributed by atoms with Gasteiger partial charge < -0.3 is 24.8 Å². The van der Waals surface area contributed by atoms with E-state index in [9.17, 15) is 4.79 Å². The molecule has 1 N–H and O–H groups in total. The molecule has 0 spiro atoms. The molecule has 6 heteroatoms. The maximum Gasteiger partial charge on any atom is -1.00 e. The van der Waals surface area contributed by atoms with Gasteiger partial charge >= 0.3 is 131 Å². The number of hydrogen-bond acceptors (Lipinski definition) is 1. The van der Waals surface area contributed by atoms with Crippen molar-refractivity contribution < 1.29 is 50.5 Å². The number of hydrogen-bond donors (Lipinski definition) is 1. The van der Waals surface area contributed by atoms with Crippen molar-refractivity contribution in [1.29, 1.82) is 0 Å². The molecule has 0 radical (unpaired) electrons. The Morgan fingerprint density at radius 1 is 1.18 bits per heavy atom. The molecule has 1 aromatic carbocycles. The summed E-state index contributed by atoms with van der Waals surface area (Å²) in [6, 6.07) is 6.06. The van der Waals surface area contributed by atoms with Gasteiger partial charge in [-0.3, -0.25) is 0 Å². The minimum Gasteiger partial charge on any atom is -1.00 e. The molecular formula is C16H22Cl2HfNOSi. The molecule has 0 fully saturated rings. The van der Waals surface area contributed by atoms with E-state index >= 15 is 0 Å². The number of aryl methyl sites for hydroxylation is 2. The van der Waals surface area contributed by atoms with Crippen molar-refractivity contribution in [2.75, 3.05) is 0 Å². The monoisotopic (exact) mass is 522 g/mol. The fourth-order valence-corrected chi connectivity index (χ4v) is 21.7. The van der Waals surface area contributed by atoms with Crippen LogP contribution in [0.25, 0.3) is 0 Å². The van der Waals surface area contributed by atoms with Gasteiger partial charge in [-0.15, -0.1) is 0 Å². The van der Waals surface area contributed by atoms with Gasteiger partial charge in [-0.2, -0.15) is 0 Å². The fourth-order valence-electron chi connectivity index (χ4n) is 2.60. The Kier molecular flexibility index (Phi) is 9.79. The smallest absolute Gasteiger partial charge is 1.00 e. The summed E-state index contributed by atoms with van der Waals surface area (Å²) in [7, 11) is 0. The van der Waals surface area contributed by atoms with Crippen molar-refractivity contribution >= 4 is 11.9 Å². The number of carbonyl (C=O) groups is 1. The molecule has 0 aliphatic heterocycles. The maximum absolute atomic E-state index is 12.7. The molecule has 0 saturated heterocycles. The van der Waals surface area contributed by atoms with E-state index in [-0.39, 0.29) is 30.7 Å². The standard InChI is InChI=1S/C9H11NO.C5H5.C2H7Si.2ClH.Hf/c1-6-4-3-5-7(2)8(6)9(10)11;1-2-4-5-3-1;1-3-2;;;/h3-5H,1-2H3,(H2,10,11);1-3H,4H2;3H,1-2H3;2*1H;/q;;;;;+3/p-3. The molecule has 0 aromatic heterocycles. The van der Waals surface area contributed by atoms with Crippen LogP contribution in [0.15, 0.2) is 39.8 Å². The molecule has 0 saturated carbocycles. The molecule has 22 heavy (non-hydrogen) atoms. The Labute approximate surface area is 154 Å². The number of benzene rings is 1. The van der Waals surface area contributed by atoms with E-state index in [1.165, 1.54) is 0 Å². The Bertz CT molecular complexity index is 567. The van der Waals surface area contributed by atoms with E-state index in [1.807, 2.05) is 32.0 Å². The van der Waals surface area contributed by atoms with Gasteiger partial charge in [0.15, 0.2) is 0 Å². The third kappa shape index (κ3) is 5.19. The SMILES string of the molecule is Cc1cccc(C)c1C(=O)[NH][Hf+2]([C]1=CC=CC1)[SiH](C)C.[Cl-].[Cl-]. The van der Waals surface area contributed by atoms with Crippen LogP contribution in [0.4, 0.5) is 0 Å². The van der Waals surface area contributed by atoms with Crippen LogP contribution in [0.2, 0.25) is 13.1 Å². The summed E-state index contributed by atoms with van der Waals surface area (Å²) in [6.07, 6.45) is 7.67. The average molecular weight is 522 g/mol. The Morgan fingerprint density at radius 2 is 1.77 bits per heavy atom. The molecule has 0 heterocycles. The van der Waals surface area contributed by atoms with Gasteiger partial charge in [-0.1, -0.05) is 0 Å². The van der Waals surface area contributed by atoms with Crippen molar-refractivity contribution in [3.63, 3.8) is 0 Å². The third-order valence-electron chi connectivity index (χ3n) is 3.65. The summed E-state index contributed by atoms with van der Waals surface area (Å²) < 4.78 is 5.05. The first kappa shape index (κ1) is 21.8. The summed E-state index contributed by atoms with van der Waals surface area (Å²) in [5.74, 6) is -0.613. The molecule has 0 atom stereocenters. The van der Waals surface area contributed by atoms with E-state index < -0.39 is 26.9 Å². The number of amides is 1. The van der Waals surface area contributed by atoms with Gasteiger partial charge in [-0.25, -0.2) is 0 Å². The number of allylic oxidation sites excluding steroid dienone is 4. The maximum atomic E-state index is 12.7. The van der Waals surface area contributed by atoms with E-state index in [4.69, 9.17) is 0 Å². The third-order valence-corrected chi connectivity index (χ3v) is 27.1. The van der Waals surface area contributed by atoms with Crippen LogP contribution < -0.4 is 28.1 Å². The van der Waals surface area contributed by atoms with Crippen molar-refractivity contribution in [2.45, 2.75) is 33.4 Å². The van der Waals surface area contributed by atoms with Crippen molar-refractivity contribution in [3.8, 4) is 0 Å². The molecule has 0 unspecified atom stereocenters. The van der Waals surface area contributed by atoms with Crippen LogP contribution in [0.3, 0.4) is 0 Å². The zero-order valence-corrected chi connectivity index (χ0v) is 19.7. The fraction of sp³-hybridized carbons (Fsp3) is 0.312. The zero-order chi connectivity index (χ0) is 14.7. The second-order valence-electron chi connectivity index (χ2n) is 5.61. The minimum absolute atomic E-state index is 0. The number of nitrogens with one attached hydrogen (secondary N) is 1. The number of halogens is 2. The normalized spacial score (nSPS) is 12.3. The van der Waals surface area contributed by atoms with Crippen LogP contribution in [-0.2, 0) is 20.9 Å². The van der Waals surface area contributed by atoms with Gasteiger partial charge in [0.25, 0.3) is 0 Å². The van der Waals surface area contributed by atoms with Crippen LogP contribution in [0, 0.1) is 13.8 Å². The summed E-state index contributed by atoms with van der Waals surface area (Å²) in [4.78, 5) is 12.7. The second-order valence-corrected chi connectivity index (χ2v) is 31.3. The first-order valence-corrected chi connectivity index (χ1v) is 19.8. The van der Waals surface area contributed by atoms with Gasteiger partial charge in [0, 0.05) is 0 Å². The van der Waals surface area contributed by atoms with Gasteiger partial charge in [0.05, 0.1) is 0 Å².